The van der Waals surface area contributed by atoms with Crippen molar-refractivity contribution in [3.05, 3.63) is 75.8 Å². The van der Waals surface area contributed by atoms with Crippen LogP contribution in [0, 0.1) is 4.77 Å². The highest BCUT2D eigenvalue weighted by atomic mass is 32.1. The Morgan fingerprint density at radius 2 is 2.07 bits per heavy atom. The van der Waals surface area contributed by atoms with Crippen molar-refractivity contribution in [2.75, 3.05) is 16.8 Å². The molecule has 1 aliphatic rings. The summed E-state index contributed by atoms with van der Waals surface area (Å²) in [6, 6.07) is 12.0. The van der Waals surface area contributed by atoms with Crippen molar-refractivity contribution in [1.82, 2.24) is 9.55 Å². The van der Waals surface area contributed by atoms with Gasteiger partial charge in [-0.1, -0.05) is 12.1 Å². The lowest BCUT2D eigenvalue weighted by Crippen LogP contribution is -2.23. The number of nitrogens with one attached hydrogen (secondary N) is 2. The molecular formula is C22H20N4O3S. The third-order valence-electron chi connectivity index (χ3n) is 5.04. The molecule has 7 nitrogen and oxygen atoms in total. The average Bonchev–Trinajstić information content (AvgIpc) is 3.17. The quantitative estimate of drug-likeness (QED) is 0.488. The number of carbonyl (C=O) groups excluding carboxylic acids is 2. The number of fused-ring (bicyclic) bond motifs is 1. The van der Waals surface area contributed by atoms with E-state index in [1.54, 1.807) is 47.4 Å². The van der Waals surface area contributed by atoms with Crippen molar-refractivity contribution >= 4 is 46.3 Å². The predicted octanol–water partition coefficient (Wildman–Crippen LogP) is 3.62. The van der Waals surface area contributed by atoms with Crippen LogP contribution in [0.5, 0.6) is 0 Å². The molecule has 1 fully saturated rings. The summed E-state index contributed by atoms with van der Waals surface area (Å²) in [5.41, 5.74) is 2.00. The zero-order chi connectivity index (χ0) is 21.3. The molecule has 0 spiro atoms. The van der Waals surface area contributed by atoms with E-state index >= 15 is 0 Å². The lowest BCUT2D eigenvalue weighted by molar-refractivity contribution is -0.117. The van der Waals surface area contributed by atoms with Gasteiger partial charge in [0, 0.05) is 36.4 Å². The summed E-state index contributed by atoms with van der Waals surface area (Å²) >= 11 is 5.25. The molecule has 0 atom stereocenters. The fourth-order valence-electron chi connectivity index (χ4n) is 3.57. The molecule has 8 heteroatoms. The molecule has 2 amide bonds. The molecule has 0 bridgehead atoms. The maximum atomic E-state index is 12.8. The smallest absolute Gasteiger partial charge is 0.262 e. The number of rotatable bonds is 5. The molecule has 1 aliphatic heterocycles. The van der Waals surface area contributed by atoms with E-state index in [4.69, 9.17) is 12.2 Å². The van der Waals surface area contributed by atoms with Gasteiger partial charge in [-0.05, 0) is 55.0 Å². The first-order valence-electron chi connectivity index (χ1n) is 9.57. The molecule has 0 aliphatic carbocycles. The molecule has 0 unspecified atom stereocenters. The molecule has 152 valence electrons. The first-order valence-corrected chi connectivity index (χ1v) is 9.98. The standard InChI is InChI=1S/C22H20N4O3S/c1-2-10-26-21(29)17-9-8-14(12-18(17)24-22(26)30)20(28)23-15-5-3-6-16(13-15)25-11-4-7-19(25)27/h2-3,5-6,8-9,12-13H,1,4,7,10-11H2,(H,23,28)(H,24,30). The third-order valence-corrected chi connectivity index (χ3v) is 5.37. The molecule has 2 N–H and O–H groups in total. The molecule has 2 heterocycles. The monoisotopic (exact) mass is 420 g/mol. The van der Waals surface area contributed by atoms with Gasteiger partial charge in [-0.15, -0.1) is 6.58 Å². The molecule has 30 heavy (non-hydrogen) atoms. The number of H-pyrrole nitrogens is 1. The summed E-state index contributed by atoms with van der Waals surface area (Å²) in [5.74, 6) is -0.234. The summed E-state index contributed by atoms with van der Waals surface area (Å²) in [4.78, 5) is 42.1. The molecule has 1 saturated heterocycles. The van der Waals surface area contributed by atoms with E-state index in [0.717, 1.165) is 12.1 Å². The number of aromatic amines is 1. The van der Waals surface area contributed by atoms with Crippen LogP contribution in [0.3, 0.4) is 0 Å². The van der Waals surface area contributed by atoms with E-state index in [1.807, 2.05) is 6.07 Å². The summed E-state index contributed by atoms with van der Waals surface area (Å²) in [6.07, 6.45) is 2.98. The maximum absolute atomic E-state index is 12.8. The Kier molecular flexibility index (Phi) is 5.33. The highest BCUT2D eigenvalue weighted by Gasteiger charge is 2.22. The Hall–Kier alpha value is -3.52. The molecule has 1 aromatic heterocycles. The number of nitrogens with zero attached hydrogens (tertiary/aromatic N) is 2. The molecule has 3 aromatic rings. The summed E-state index contributed by atoms with van der Waals surface area (Å²) in [5, 5.41) is 3.29. The minimum Gasteiger partial charge on any atom is -0.332 e. The molecule has 2 aromatic carbocycles. The predicted molar refractivity (Wildman–Crippen MR) is 120 cm³/mol. The number of anilines is 2. The second-order valence-electron chi connectivity index (χ2n) is 7.05. The summed E-state index contributed by atoms with van der Waals surface area (Å²) in [6.45, 7) is 4.63. The van der Waals surface area contributed by atoms with E-state index in [9.17, 15) is 14.4 Å². The number of hydrogen-bond donors (Lipinski definition) is 2. The van der Waals surface area contributed by atoms with Gasteiger partial charge in [-0.3, -0.25) is 19.0 Å². The van der Waals surface area contributed by atoms with Gasteiger partial charge in [0.2, 0.25) is 5.91 Å². The minimum absolute atomic E-state index is 0.0883. The van der Waals surface area contributed by atoms with Crippen molar-refractivity contribution in [3.63, 3.8) is 0 Å². The van der Waals surface area contributed by atoms with Crippen LogP contribution in [0.2, 0.25) is 0 Å². The Morgan fingerprint density at radius 3 is 2.80 bits per heavy atom. The molecule has 0 saturated carbocycles. The molecule has 0 radical (unpaired) electrons. The zero-order valence-corrected chi connectivity index (χ0v) is 17.0. The Labute approximate surface area is 177 Å². The van der Waals surface area contributed by atoms with E-state index in [0.29, 0.717) is 41.7 Å². The van der Waals surface area contributed by atoms with Gasteiger partial charge in [0.1, 0.15) is 0 Å². The van der Waals surface area contributed by atoms with Gasteiger partial charge >= 0.3 is 0 Å². The van der Waals surface area contributed by atoms with Gasteiger partial charge in [0.05, 0.1) is 10.9 Å². The van der Waals surface area contributed by atoms with Crippen molar-refractivity contribution in [1.29, 1.82) is 0 Å². The average molecular weight is 420 g/mol. The van der Waals surface area contributed by atoms with Crippen LogP contribution >= 0.6 is 12.2 Å². The van der Waals surface area contributed by atoms with E-state index < -0.39 is 0 Å². The van der Waals surface area contributed by atoms with Gasteiger partial charge in [-0.25, -0.2) is 0 Å². The van der Waals surface area contributed by atoms with Gasteiger partial charge < -0.3 is 15.2 Å². The maximum Gasteiger partial charge on any atom is 0.262 e. The van der Waals surface area contributed by atoms with Gasteiger partial charge in [0.15, 0.2) is 4.77 Å². The van der Waals surface area contributed by atoms with Gasteiger partial charge in [0.25, 0.3) is 11.5 Å². The van der Waals surface area contributed by atoms with Crippen LogP contribution in [0.15, 0.2) is 59.9 Å². The fraction of sp³-hybridized carbons (Fsp3) is 0.182. The molecule has 4 rings (SSSR count). The summed E-state index contributed by atoms with van der Waals surface area (Å²) < 4.78 is 1.68. The van der Waals surface area contributed by atoms with Crippen molar-refractivity contribution in [2.45, 2.75) is 19.4 Å². The first-order chi connectivity index (χ1) is 14.5. The number of benzene rings is 2. The normalized spacial score (nSPS) is 13.6. The van der Waals surface area contributed by atoms with Crippen molar-refractivity contribution in [3.8, 4) is 0 Å². The SMILES string of the molecule is C=CCn1c(=S)[nH]c2cc(C(=O)Nc3cccc(N4CCCC4=O)c3)ccc2c1=O. The van der Waals surface area contributed by atoms with Crippen LogP contribution in [0.4, 0.5) is 11.4 Å². The van der Waals surface area contributed by atoms with Crippen LogP contribution in [-0.4, -0.2) is 27.9 Å². The Balaban J connectivity index is 1.62. The number of aromatic nitrogens is 2. The van der Waals surface area contributed by atoms with Crippen LogP contribution in [0.25, 0.3) is 10.9 Å². The number of amides is 2. The highest BCUT2D eigenvalue weighted by molar-refractivity contribution is 7.71. The second-order valence-corrected chi connectivity index (χ2v) is 7.44. The lowest BCUT2D eigenvalue weighted by atomic mass is 10.1. The Morgan fingerprint density at radius 1 is 1.23 bits per heavy atom. The molecular weight excluding hydrogens is 400 g/mol. The lowest BCUT2D eigenvalue weighted by Gasteiger charge is -2.16. The van der Waals surface area contributed by atoms with Gasteiger partial charge in [-0.2, -0.15) is 0 Å². The Bertz CT molecular complexity index is 1290. The fourth-order valence-corrected chi connectivity index (χ4v) is 3.83. The first kappa shape index (κ1) is 19.8. The van der Waals surface area contributed by atoms with Crippen molar-refractivity contribution < 1.29 is 9.59 Å². The van der Waals surface area contributed by atoms with Crippen LogP contribution < -0.4 is 15.8 Å². The highest BCUT2D eigenvalue weighted by Crippen LogP contribution is 2.24. The number of allylic oxidation sites excluding steroid dienone is 1. The second kappa shape index (κ2) is 8.08. The summed E-state index contributed by atoms with van der Waals surface area (Å²) in [7, 11) is 0. The minimum atomic E-state index is -0.323. The van der Waals surface area contributed by atoms with Crippen LogP contribution in [0.1, 0.15) is 23.2 Å². The number of hydrogen-bond acceptors (Lipinski definition) is 4. The largest absolute Gasteiger partial charge is 0.332 e. The van der Waals surface area contributed by atoms with Crippen LogP contribution in [-0.2, 0) is 11.3 Å². The third kappa shape index (κ3) is 3.69. The number of carbonyl (C=O) groups is 2. The topological polar surface area (TPSA) is 87.2 Å². The van der Waals surface area contributed by atoms with Crippen molar-refractivity contribution in [2.24, 2.45) is 0 Å². The van der Waals surface area contributed by atoms with E-state index in [1.165, 1.54) is 4.57 Å². The zero-order valence-electron chi connectivity index (χ0n) is 16.2. The van der Waals surface area contributed by atoms with E-state index in [2.05, 4.69) is 16.9 Å². The van der Waals surface area contributed by atoms with E-state index in [-0.39, 0.29) is 22.1 Å².